The molecule has 0 radical (unpaired) electrons. The summed E-state index contributed by atoms with van der Waals surface area (Å²) < 4.78 is 10.4. The molecule has 1 unspecified atom stereocenters. The molecule has 2 aliphatic heterocycles. The van der Waals surface area contributed by atoms with Gasteiger partial charge in [0.15, 0.2) is 6.10 Å². The Morgan fingerprint density at radius 2 is 1.84 bits per heavy atom. The second-order valence-corrected chi connectivity index (χ2v) is 6.44. The second kappa shape index (κ2) is 6.79. The normalized spacial score (nSPS) is 31.4. The number of benzene rings is 1. The SMILES string of the molecule is COC(=O)[C@H]1[C@H](OC(=O)c2ccccc2)C([N+](=O)[O-])[C@H]2CC[C@@H]1N2C. The number of carbonyl (C=O) groups excluding carboxylic acids is 2. The molecule has 5 atom stereocenters. The van der Waals surface area contributed by atoms with Crippen molar-refractivity contribution in [2.45, 2.75) is 37.1 Å². The van der Waals surface area contributed by atoms with Gasteiger partial charge in [-0.05, 0) is 32.0 Å². The molecular weight excluding hydrogens is 328 g/mol. The van der Waals surface area contributed by atoms with Gasteiger partial charge in [-0.1, -0.05) is 18.2 Å². The lowest BCUT2D eigenvalue weighted by atomic mass is 9.84. The fourth-order valence-corrected chi connectivity index (χ4v) is 4.09. The molecule has 0 saturated carbocycles. The van der Waals surface area contributed by atoms with Gasteiger partial charge in [-0.15, -0.1) is 0 Å². The summed E-state index contributed by atoms with van der Waals surface area (Å²) in [5.74, 6) is -2.14. The molecule has 1 aromatic carbocycles. The molecule has 0 amide bonds. The molecule has 2 bridgehead atoms. The minimum atomic E-state index is -1.17. The Hall–Kier alpha value is -2.48. The molecule has 2 aliphatic rings. The predicted octanol–water partition coefficient (Wildman–Crippen LogP) is 1.12. The molecule has 2 heterocycles. The van der Waals surface area contributed by atoms with Gasteiger partial charge < -0.3 is 9.47 Å². The zero-order valence-electron chi connectivity index (χ0n) is 14.0. The molecule has 8 nitrogen and oxygen atoms in total. The summed E-state index contributed by atoms with van der Waals surface area (Å²) in [6, 6.07) is 6.48. The first kappa shape index (κ1) is 17.3. The number of esters is 2. The van der Waals surface area contributed by atoms with Gasteiger partial charge in [-0.25, -0.2) is 4.79 Å². The van der Waals surface area contributed by atoms with E-state index in [0.29, 0.717) is 18.4 Å². The van der Waals surface area contributed by atoms with Crippen LogP contribution in [0.2, 0.25) is 0 Å². The summed E-state index contributed by atoms with van der Waals surface area (Å²) in [6.45, 7) is 0. The topological polar surface area (TPSA) is 99.0 Å². The molecule has 2 fully saturated rings. The lowest BCUT2D eigenvalue weighted by molar-refractivity contribution is -0.546. The number of fused-ring (bicyclic) bond motifs is 2. The molecular formula is C17H20N2O6. The van der Waals surface area contributed by atoms with Crippen molar-refractivity contribution in [1.29, 1.82) is 0 Å². The minimum absolute atomic E-state index is 0.234. The van der Waals surface area contributed by atoms with Gasteiger partial charge >= 0.3 is 11.9 Å². The number of piperidine rings is 1. The highest BCUT2D eigenvalue weighted by atomic mass is 16.6. The molecule has 0 aromatic heterocycles. The van der Waals surface area contributed by atoms with Gasteiger partial charge in [0, 0.05) is 11.0 Å². The Balaban J connectivity index is 1.95. The highest BCUT2D eigenvalue weighted by molar-refractivity contribution is 5.89. The summed E-state index contributed by atoms with van der Waals surface area (Å²) in [4.78, 5) is 37.9. The first-order valence-corrected chi connectivity index (χ1v) is 8.15. The minimum Gasteiger partial charge on any atom is -0.469 e. The zero-order valence-corrected chi connectivity index (χ0v) is 14.0. The largest absolute Gasteiger partial charge is 0.469 e. The van der Waals surface area contributed by atoms with Crippen LogP contribution in [-0.2, 0) is 14.3 Å². The second-order valence-electron chi connectivity index (χ2n) is 6.44. The fourth-order valence-electron chi connectivity index (χ4n) is 4.09. The number of hydrogen-bond acceptors (Lipinski definition) is 7. The first-order chi connectivity index (χ1) is 12.0. The lowest BCUT2D eigenvalue weighted by Gasteiger charge is -2.41. The molecule has 8 heteroatoms. The molecule has 3 rings (SSSR count). The highest BCUT2D eigenvalue weighted by Crippen LogP contribution is 2.41. The van der Waals surface area contributed by atoms with Gasteiger partial charge in [0.2, 0.25) is 0 Å². The Labute approximate surface area is 144 Å². The van der Waals surface area contributed by atoms with Crippen molar-refractivity contribution in [3.63, 3.8) is 0 Å². The van der Waals surface area contributed by atoms with Crippen molar-refractivity contribution in [2.75, 3.05) is 14.2 Å². The smallest absolute Gasteiger partial charge is 0.338 e. The van der Waals surface area contributed by atoms with E-state index in [4.69, 9.17) is 9.47 Å². The van der Waals surface area contributed by atoms with E-state index in [1.165, 1.54) is 7.11 Å². The molecule has 25 heavy (non-hydrogen) atoms. The third kappa shape index (κ3) is 2.97. The van der Waals surface area contributed by atoms with Crippen LogP contribution in [0.3, 0.4) is 0 Å². The standard InChI is InChI=1S/C17H20N2O6/c1-18-11-8-9-12(18)14(19(22)23)15(13(11)17(21)24-2)25-16(20)10-6-4-3-5-7-10/h3-7,11-15H,8-9H2,1-2H3/t11-,12+,13+,14?,15-/m0/s1. The summed E-state index contributed by atoms with van der Waals surface area (Å²) in [6.07, 6.45) is 0.0634. The monoisotopic (exact) mass is 348 g/mol. The molecule has 0 spiro atoms. The van der Waals surface area contributed by atoms with E-state index < -0.39 is 34.9 Å². The fraction of sp³-hybridized carbons (Fsp3) is 0.529. The number of likely N-dealkylation sites (N-methyl/N-ethyl adjacent to an activating group) is 1. The number of rotatable bonds is 4. The van der Waals surface area contributed by atoms with Crippen molar-refractivity contribution >= 4 is 11.9 Å². The van der Waals surface area contributed by atoms with Crippen molar-refractivity contribution in [2.24, 2.45) is 5.92 Å². The molecule has 134 valence electrons. The molecule has 2 saturated heterocycles. The van der Waals surface area contributed by atoms with Crippen LogP contribution in [0.4, 0.5) is 0 Å². The maximum Gasteiger partial charge on any atom is 0.338 e. The van der Waals surface area contributed by atoms with Gasteiger partial charge in [0.05, 0.1) is 18.7 Å². The van der Waals surface area contributed by atoms with Crippen molar-refractivity contribution < 1.29 is 24.0 Å². The van der Waals surface area contributed by atoms with Crippen LogP contribution in [0.1, 0.15) is 23.2 Å². The van der Waals surface area contributed by atoms with Crippen molar-refractivity contribution in [3.8, 4) is 0 Å². The number of hydrogen-bond donors (Lipinski definition) is 0. The Morgan fingerprint density at radius 1 is 1.20 bits per heavy atom. The van der Waals surface area contributed by atoms with Crippen LogP contribution in [0.5, 0.6) is 0 Å². The summed E-state index contributed by atoms with van der Waals surface area (Å²) in [5.41, 5.74) is 0.291. The van der Waals surface area contributed by atoms with Gasteiger partial charge in [0.25, 0.3) is 6.04 Å². The van der Waals surface area contributed by atoms with Crippen LogP contribution in [-0.4, -0.2) is 60.1 Å². The number of carbonyl (C=O) groups is 2. The quantitative estimate of drug-likeness (QED) is 0.457. The average molecular weight is 348 g/mol. The number of ether oxygens (including phenoxy) is 2. The van der Waals surface area contributed by atoms with E-state index in [1.807, 2.05) is 4.90 Å². The van der Waals surface area contributed by atoms with Crippen molar-refractivity contribution in [3.05, 3.63) is 46.0 Å². The zero-order chi connectivity index (χ0) is 18.1. The predicted molar refractivity (Wildman–Crippen MR) is 86.5 cm³/mol. The van der Waals surface area contributed by atoms with Gasteiger partial charge in [-0.2, -0.15) is 0 Å². The lowest BCUT2D eigenvalue weighted by Crippen LogP contribution is -2.63. The third-order valence-corrected chi connectivity index (χ3v) is 5.27. The van der Waals surface area contributed by atoms with E-state index in [-0.39, 0.29) is 12.1 Å². The van der Waals surface area contributed by atoms with Gasteiger partial charge in [-0.3, -0.25) is 19.8 Å². The highest BCUT2D eigenvalue weighted by Gasteiger charge is 2.61. The molecule has 0 aliphatic carbocycles. The van der Waals surface area contributed by atoms with Gasteiger partial charge in [0.1, 0.15) is 5.92 Å². The van der Waals surface area contributed by atoms with E-state index in [2.05, 4.69) is 0 Å². The Kier molecular flexibility index (Phi) is 4.71. The van der Waals surface area contributed by atoms with Crippen LogP contribution < -0.4 is 0 Å². The summed E-state index contributed by atoms with van der Waals surface area (Å²) >= 11 is 0. The third-order valence-electron chi connectivity index (χ3n) is 5.27. The number of methoxy groups -OCH3 is 1. The van der Waals surface area contributed by atoms with Crippen LogP contribution in [0.15, 0.2) is 30.3 Å². The van der Waals surface area contributed by atoms with E-state index in [1.54, 1.807) is 37.4 Å². The maximum atomic E-state index is 12.4. The number of nitrogens with zero attached hydrogens (tertiary/aromatic N) is 2. The van der Waals surface area contributed by atoms with Crippen LogP contribution in [0.25, 0.3) is 0 Å². The first-order valence-electron chi connectivity index (χ1n) is 8.15. The number of nitro groups is 1. The Bertz CT molecular complexity index is 679. The Morgan fingerprint density at radius 3 is 2.44 bits per heavy atom. The van der Waals surface area contributed by atoms with Crippen LogP contribution >= 0.6 is 0 Å². The van der Waals surface area contributed by atoms with E-state index >= 15 is 0 Å². The molecule has 1 aromatic rings. The summed E-state index contributed by atoms with van der Waals surface area (Å²) in [5, 5.41) is 11.7. The van der Waals surface area contributed by atoms with E-state index in [0.717, 1.165) is 0 Å². The summed E-state index contributed by atoms with van der Waals surface area (Å²) in [7, 11) is 3.00. The van der Waals surface area contributed by atoms with E-state index in [9.17, 15) is 19.7 Å². The maximum absolute atomic E-state index is 12.4. The van der Waals surface area contributed by atoms with Crippen molar-refractivity contribution in [1.82, 2.24) is 4.90 Å². The molecule has 0 N–H and O–H groups in total. The average Bonchev–Trinajstić information content (AvgIpc) is 2.87. The van der Waals surface area contributed by atoms with Crippen LogP contribution in [0, 0.1) is 16.0 Å².